The van der Waals surface area contributed by atoms with E-state index < -0.39 is 17.8 Å². The van der Waals surface area contributed by atoms with Gasteiger partial charge in [-0.3, -0.25) is 5.43 Å². The SMILES string of the molecule is CC1CNNC1NC(=O)Nc1ccccc1C(F)(F)F. The van der Waals surface area contributed by atoms with E-state index in [2.05, 4.69) is 21.5 Å². The summed E-state index contributed by atoms with van der Waals surface area (Å²) in [6, 6.07) is 4.16. The third-order valence-corrected chi connectivity index (χ3v) is 3.02. The van der Waals surface area contributed by atoms with Crippen molar-refractivity contribution in [3.63, 3.8) is 0 Å². The Hall–Kier alpha value is -1.80. The van der Waals surface area contributed by atoms with Gasteiger partial charge in [-0.15, -0.1) is 0 Å². The normalized spacial score (nSPS) is 22.6. The van der Waals surface area contributed by atoms with Gasteiger partial charge in [-0.2, -0.15) is 13.2 Å². The number of carbonyl (C=O) groups is 1. The smallest absolute Gasteiger partial charge is 0.321 e. The molecule has 4 N–H and O–H groups in total. The molecule has 2 amide bonds. The number of amides is 2. The summed E-state index contributed by atoms with van der Waals surface area (Å²) in [5.41, 5.74) is 4.54. The Labute approximate surface area is 113 Å². The first kappa shape index (κ1) is 14.6. The fourth-order valence-corrected chi connectivity index (χ4v) is 1.91. The number of halogens is 3. The number of hydrogen-bond donors (Lipinski definition) is 4. The highest BCUT2D eigenvalue weighted by molar-refractivity contribution is 5.90. The van der Waals surface area contributed by atoms with Crippen LogP contribution in [0.15, 0.2) is 24.3 Å². The Kier molecular flexibility index (Phi) is 4.15. The Morgan fingerprint density at radius 3 is 2.65 bits per heavy atom. The highest BCUT2D eigenvalue weighted by Gasteiger charge is 2.34. The quantitative estimate of drug-likeness (QED) is 0.672. The standard InChI is InChI=1S/C12H15F3N4O/c1-7-6-16-19-10(7)18-11(20)17-9-5-3-2-4-8(9)12(13,14)15/h2-5,7,10,16,19H,6H2,1H3,(H2,17,18,20). The lowest BCUT2D eigenvalue weighted by molar-refractivity contribution is -0.136. The van der Waals surface area contributed by atoms with E-state index in [0.29, 0.717) is 6.54 Å². The first-order chi connectivity index (χ1) is 9.38. The average molecular weight is 288 g/mol. The lowest BCUT2D eigenvalue weighted by atomic mass is 10.1. The molecule has 20 heavy (non-hydrogen) atoms. The number of urea groups is 1. The zero-order valence-electron chi connectivity index (χ0n) is 10.7. The summed E-state index contributed by atoms with van der Waals surface area (Å²) in [5, 5.41) is 4.79. The van der Waals surface area contributed by atoms with Crippen molar-refractivity contribution in [1.29, 1.82) is 0 Å². The van der Waals surface area contributed by atoms with Crippen LogP contribution in [-0.2, 0) is 6.18 Å². The number of benzene rings is 1. The van der Waals surface area contributed by atoms with Gasteiger partial charge in [0, 0.05) is 12.5 Å². The molecule has 0 aliphatic carbocycles. The molecule has 1 saturated heterocycles. The molecule has 1 aromatic rings. The summed E-state index contributed by atoms with van der Waals surface area (Å²) >= 11 is 0. The number of alkyl halides is 3. The van der Waals surface area contributed by atoms with Crippen molar-refractivity contribution in [2.75, 3.05) is 11.9 Å². The van der Waals surface area contributed by atoms with Crippen LogP contribution in [0.25, 0.3) is 0 Å². The van der Waals surface area contributed by atoms with E-state index in [1.165, 1.54) is 18.2 Å². The molecular weight excluding hydrogens is 273 g/mol. The van der Waals surface area contributed by atoms with Gasteiger partial charge >= 0.3 is 12.2 Å². The van der Waals surface area contributed by atoms with E-state index >= 15 is 0 Å². The van der Waals surface area contributed by atoms with E-state index in [1.807, 2.05) is 6.92 Å². The maximum Gasteiger partial charge on any atom is 0.418 e. The minimum absolute atomic E-state index is 0.138. The Bertz CT molecular complexity index is 492. The van der Waals surface area contributed by atoms with Crippen LogP contribution in [0.1, 0.15) is 12.5 Å². The van der Waals surface area contributed by atoms with Crippen LogP contribution < -0.4 is 21.5 Å². The first-order valence-electron chi connectivity index (χ1n) is 6.10. The molecule has 2 rings (SSSR count). The van der Waals surface area contributed by atoms with E-state index in [1.54, 1.807) is 0 Å². The van der Waals surface area contributed by atoms with Crippen LogP contribution in [0.5, 0.6) is 0 Å². The van der Waals surface area contributed by atoms with Gasteiger partial charge < -0.3 is 10.6 Å². The van der Waals surface area contributed by atoms with E-state index in [0.717, 1.165) is 6.07 Å². The molecule has 1 aliphatic rings. The van der Waals surface area contributed by atoms with Gasteiger partial charge in [-0.05, 0) is 12.1 Å². The molecule has 5 nitrogen and oxygen atoms in total. The molecule has 0 bridgehead atoms. The fourth-order valence-electron chi connectivity index (χ4n) is 1.91. The molecule has 2 atom stereocenters. The first-order valence-corrected chi connectivity index (χ1v) is 6.10. The Morgan fingerprint density at radius 1 is 1.35 bits per heavy atom. The molecular formula is C12H15F3N4O. The Balaban J connectivity index is 2.04. The maximum absolute atomic E-state index is 12.8. The molecule has 0 saturated carbocycles. The van der Waals surface area contributed by atoms with Gasteiger partial charge in [-0.25, -0.2) is 10.2 Å². The highest BCUT2D eigenvalue weighted by Crippen LogP contribution is 2.34. The van der Waals surface area contributed by atoms with E-state index in [9.17, 15) is 18.0 Å². The number of hydrazine groups is 1. The van der Waals surface area contributed by atoms with E-state index in [-0.39, 0.29) is 17.8 Å². The largest absolute Gasteiger partial charge is 0.418 e. The molecule has 0 spiro atoms. The number of carbonyl (C=O) groups excluding carboxylic acids is 1. The average Bonchev–Trinajstić information content (AvgIpc) is 2.74. The highest BCUT2D eigenvalue weighted by atomic mass is 19.4. The van der Waals surface area contributed by atoms with Crippen LogP contribution in [0.2, 0.25) is 0 Å². The second-order valence-corrected chi connectivity index (χ2v) is 4.62. The van der Waals surface area contributed by atoms with Crippen molar-refractivity contribution in [2.24, 2.45) is 5.92 Å². The van der Waals surface area contributed by atoms with Gasteiger partial charge in [0.1, 0.15) is 0 Å². The van der Waals surface area contributed by atoms with Crippen LogP contribution in [-0.4, -0.2) is 18.7 Å². The minimum atomic E-state index is -4.51. The van der Waals surface area contributed by atoms with Gasteiger partial charge in [0.2, 0.25) is 0 Å². The van der Waals surface area contributed by atoms with Crippen LogP contribution in [0, 0.1) is 5.92 Å². The summed E-state index contributed by atoms with van der Waals surface area (Å²) in [6.07, 6.45) is -4.84. The monoisotopic (exact) mass is 288 g/mol. The molecule has 1 fully saturated rings. The summed E-state index contributed by atoms with van der Waals surface area (Å²) in [4.78, 5) is 11.7. The minimum Gasteiger partial charge on any atom is -0.321 e. The number of anilines is 1. The van der Waals surface area contributed by atoms with Crippen molar-refractivity contribution < 1.29 is 18.0 Å². The second kappa shape index (κ2) is 5.68. The fraction of sp³-hybridized carbons (Fsp3) is 0.417. The molecule has 1 aromatic carbocycles. The lowest BCUT2D eigenvalue weighted by Gasteiger charge is -2.18. The Morgan fingerprint density at radius 2 is 2.05 bits per heavy atom. The van der Waals surface area contributed by atoms with Gasteiger partial charge in [0.25, 0.3) is 0 Å². The third-order valence-electron chi connectivity index (χ3n) is 3.02. The molecule has 1 heterocycles. The number of hydrogen-bond acceptors (Lipinski definition) is 3. The number of nitrogens with one attached hydrogen (secondary N) is 4. The zero-order valence-corrected chi connectivity index (χ0v) is 10.7. The van der Waals surface area contributed by atoms with Crippen molar-refractivity contribution in [3.05, 3.63) is 29.8 Å². The van der Waals surface area contributed by atoms with Crippen LogP contribution in [0.4, 0.5) is 23.7 Å². The van der Waals surface area contributed by atoms with Crippen LogP contribution >= 0.6 is 0 Å². The van der Waals surface area contributed by atoms with Gasteiger partial charge in [0.05, 0.1) is 17.4 Å². The lowest BCUT2D eigenvalue weighted by Crippen LogP contribution is -2.48. The number of para-hydroxylation sites is 1. The number of rotatable bonds is 2. The van der Waals surface area contributed by atoms with E-state index in [4.69, 9.17) is 0 Å². The van der Waals surface area contributed by atoms with Crippen molar-refractivity contribution in [1.82, 2.24) is 16.2 Å². The second-order valence-electron chi connectivity index (χ2n) is 4.62. The van der Waals surface area contributed by atoms with Gasteiger partial charge in [0.15, 0.2) is 0 Å². The molecule has 2 unspecified atom stereocenters. The third kappa shape index (κ3) is 3.40. The topological polar surface area (TPSA) is 65.2 Å². The van der Waals surface area contributed by atoms with Crippen molar-refractivity contribution in [2.45, 2.75) is 19.3 Å². The maximum atomic E-state index is 12.8. The predicted molar refractivity (Wildman–Crippen MR) is 67.7 cm³/mol. The van der Waals surface area contributed by atoms with Crippen molar-refractivity contribution in [3.8, 4) is 0 Å². The van der Waals surface area contributed by atoms with Crippen molar-refractivity contribution >= 4 is 11.7 Å². The van der Waals surface area contributed by atoms with Gasteiger partial charge in [-0.1, -0.05) is 19.1 Å². The molecule has 110 valence electrons. The molecule has 0 aromatic heterocycles. The molecule has 1 aliphatic heterocycles. The summed E-state index contributed by atoms with van der Waals surface area (Å²) in [7, 11) is 0. The molecule has 0 radical (unpaired) electrons. The summed E-state index contributed by atoms with van der Waals surface area (Å²) < 4.78 is 38.3. The predicted octanol–water partition coefficient (Wildman–Crippen LogP) is 1.90. The summed E-state index contributed by atoms with van der Waals surface area (Å²) in [5.74, 6) is 0.138. The van der Waals surface area contributed by atoms with Crippen LogP contribution in [0.3, 0.4) is 0 Å². The zero-order chi connectivity index (χ0) is 14.8. The summed E-state index contributed by atoms with van der Waals surface area (Å²) in [6.45, 7) is 2.58. The molecule has 8 heteroatoms.